The largest absolute Gasteiger partial charge is 0.459 e. The van der Waals surface area contributed by atoms with Gasteiger partial charge in [0, 0.05) is 17.7 Å². The molecule has 0 spiro atoms. The third kappa shape index (κ3) is 3.93. The van der Waals surface area contributed by atoms with E-state index < -0.39 is 23.5 Å². The van der Waals surface area contributed by atoms with Crippen LogP contribution in [0.1, 0.15) is 43.4 Å². The lowest BCUT2D eigenvalue weighted by molar-refractivity contribution is -0.160. The molecule has 1 amide bonds. The van der Waals surface area contributed by atoms with Gasteiger partial charge < -0.3 is 14.7 Å². The van der Waals surface area contributed by atoms with E-state index in [0.29, 0.717) is 30.5 Å². The van der Waals surface area contributed by atoms with Crippen LogP contribution in [0.15, 0.2) is 78.9 Å². The van der Waals surface area contributed by atoms with Crippen LogP contribution in [0.25, 0.3) is 11.1 Å². The van der Waals surface area contributed by atoms with E-state index in [1.807, 2.05) is 80.6 Å². The number of hydrogen-bond acceptors (Lipinski definition) is 4. The standard InChI is InChI=1S/C26H23NO4.C2H6/c28-24(31-17-18-9-2-1-3-10-18)23-15-8-16-27(23)25(29)26(30)21-13-6-4-11-19(21)20-12-5-7-14-22(20)26;1-2/h1-7,9-14,23,30H,8,15-17H2;1-2H3/t23-;/m0./s1. The average Bonchev–Trinajstić information content (AvgIpc) is 3.47. The Morgan fingerprint density at radius 1 is 0.909 bits per heavy atom. The molecule has 1 heterocycles. The van der Waals surface area contributed by atoms with Gasteiger partial charge in [-0.15, -0.1) is 0 Å². The van der Waals surface area contributed by atoms with Gasteiger partial charge in [-0.3, -0.25) is 4.79 Å². The van der Waals surface area contributed by atoms with Crippen LogP contribution >= 0.6 is 0 Å². The summed E-state index contributed by atoms with van der Waals surface area (Å²) in [6, 6.07) is 23.6. The van der Waals surface area contributed by atoms with Gasteiger partial charge in [0.1, 0.15) is 12.6 Å². The fraction of sp³-hybridized carbons (Fsp3) is 0.286. The van der Waals surface area contributed by atoms with Crippen molar-refractivity contribution in [3.8, 4) is 11.1 Å². The fourth-order valence-corrected chi connectivity index (χ4v) is 4.73. The lowest BCUT2D eigenvalue weighted by Crippen LogP contribution is -2.51. The molecule has 1 atom stereocenters. The molecule has 1 fully saturated rings. The van der Waals surface area contributed by atoms with E-state index in [-0.39, 0.29) is 6.61 Å². The summed E-state index contributed by atoms with van der Waals surface area (Å²) < 4.78 is 5.51. The second-order valence-corrected chi connectivity index (χ2v) is 8.05. The summed E-state index contributed by atoms with van der Waals surface area (Å²) in [6.07, 6.45) is 1.22. The maximum Gasteiger partial charge on any atom is 0.329 e. The molecule has 0 bridgehead atoms. The van der Waals surface area contributed by atoms with Crippen LogP contribution in [-0.4, -0.2) is 34.5 Å². The second kappa shape index (κ2) is 9.59. The Hall–Kier alpha value is -3.44. The Labute approximate surface area is 194 Å². The number of benzene rings is 3. The number of amides is 1. The van der Waals surface area contributed by atoms with Gasteiger partial charge in [-0.2, -0.15) is 0 Å². The van der Waals surface area contributed by atoms with Crippen LogP contribution in [0.5, 0.6) is 0 Å². The maximum atomic E-state index is 13.8. The van der Waals surface area contributed by atoms with Crippen molar-refractivity contribution in [3.63, 3.8) is 0 Å². The molecule has 2 aliphatic rings. The Morgan fingerprint density at radius 3 is 2.06 bits per heavy atom. The minimum Gasteiger partial charge on any atom is -0.459 e. The number of nitrogens with zero attached hydrogens (tertiary/aromatic N) is 1. The van der Waals surface area contributed by atoms with Crippen molar-refractivity contribution in [3.05, 3.63) is 95.6 Å². The van der Waals surface area contributed by atoms with Gasteiger partial charge in [0.15, 0.2) is 5.60 Å². The Morgan fingerprint density at radius 2 is 1.45 bits per heavy atom. The van der Waals surface area contributed by atoms with Crippen molar-refractivity contribution in [2.24, 2.45) is 0 Å². The van der Waals surface area contributed by atoms with Crippen molar-refractivity contribution < 1.29 is 19.4 Å². The normalized spacial score (nSPS) is 17.4. The SMILES string of the molecule is CC.O=C(OCc1ccccc1)[C@@H]1CCCN1C(=O)C1(O)c2ccccc2-c2ccccc21. The van der Waals surface area contributed by atoms with Crippen molar-refractivity contribution in [1.29, 1.82) is 0 Å². The number of esters is 1. The molecule has 0 unspecified atom stereocenters. The average molecular weight is 444 g/mol. The minimum absolute atomic E-state index is 0.161. The van der Waals surface area contributed by atoms with Gasteiger partial charge >= 0.3 is 5.97 Å². The molecular formula is C28H29NO4. The first-order valence-electron chi connectivity index (χ1n) is 11.5. The number of carbonyl (C=O) groups excluding carboxylic acids is 2. The third-order valence-corrected chi connectivity index (χ3v) is 6.24. The summed E-state index contributed by atoms with van der Waals surface area (Å²) in [4.78, 5) is 28.1. The lowest BCUT2D eigenvalue weighted by Gasteiger charge is -2.32. The summed E-state index contributed by atoms with van der Waals surface area (Å²) in [7, 11) is 0. The topological polar surface area (TPSA) is 66.8 Å². The van der Waals surface area contributed by atoms with E-state index >= 15 is 0 Å². The van der Waals surface area contributed by atoms with Gasteiger partial charge in [0.2, 0.25) is 0 Å². The van der Waals surface area contributed by atoms with E-state index in [2.05, 4.69) is 0 Å². The van der Waals surface area contributed by atoms with Gasteiger partial charge in [0.25, 0.3) is 5.91 Å². The van der Waals surface area contributed by atoms with Crippen LogP contribution in [0.3, 0.4) is 0 Å². The predicted molar refractivity (Wildman–Crippen MR) is 127 cm³/mol. The van der Waals surface area contributed by atoms with Gasteiger partial charge in [0.05, 0.1) is 0 Å². The van der Waals surface area contributed by atoms with Crippen LogP contribution in [0.4, 0.5) is 0 Å². The maximum absolute atomic E-state index is 13.8. The van der Waals surface area contributed by atoms with E-state index in [0.717, 1.165) is 16.7 Å². The molecule has 170 valence electrons. The molecule has 33 heavy (non-hydrogen) atoms. The molecule has 0 aromatic heterocycles. The molecule has 1 aliphatic heterocycles. The van der Waals surface area contributed by atoms with Crippen molar-refractivity contribution in [1.82, 2.24) is 4.90 Å². The molecule has 1 saturated heterocycles. The summed E-state index contributed by atoms with van der Waals surface area (Å²) in [5.41, 5.74) is 1.89. The van der Waals surface area contributed by atoms with Crippen LogP contribution in [-0.2, 0) is 26.5 Å². The summed E-state index contributed by atoms with van der Waals surface area (Å²) >= 11 is 0. The monoisotopic (exact) mass is 443 g/mol. The molecule has 1 aliphatic carbocycles. The van der Waals surface area contributed by atoms with Crippen LogP contribution in [0, 0.1) is 0 Å². The third-order valence-electron chi connectivity index (χ3n) is 6.24. The van der Waals surface area contributed by atoms with E-state index in [1.165, 1.54) is 4.90 Å². The highest BCUT2D eigenvalue weighted by atomic mass is 16.5. The predicted octanol–water partition coefficient (Wildman–Crippen LogP) is 4.66. The number of carbonyl (C=O) groups is 2. The Balaban J connectivity index is 0.00000126. The zero-order chi connectivity index (χ0) is 23.4. The van der Waals surface area contributed by atoms with E-state index in [9.17, 15) is 14.7 Å². The van der Waals surface area contributed by atoms with Crippen molar-refractivity contribution in [2.45, 2.75) is 44.9 Å². The summed E-state index contributed by atoms with van der Waals surface area (Å²) in [6.45, 7) is 4.57. The van der Waals surface area contributed by atoms with Gasteiger partial charge in [-0.25, -0.2) is 4.79 Å². The minimum atomic E-state index is -1.81. The zero-order valence-corrected chi connectivity index (χ0v) is 19.0. The Kier molecular flexibility index (Phi) is 6.61. The van der Waals surface area contributed by atoms with Gasteiger partial charge in [-0.05, 0) is 29.5 Å². The molecule has 1 N–H and O–H groups in total. The quantitative estimate of drug-likeness (QED) is 0.596. The van der Waals surface area contributed by atoms with Gasteiger partial charge in [-0.1, -0.05) is 92.7 Å². The van der Waals surface area contributed by atoms with Crippen molar-refractivity contribution in [2.75, 3.05) is 6.54 Å². The summed E-state index contributed by atoms with van der Waals surface area (Å²) in [5, 5.41) is 11.8. The number of aliphatic hydroxyl groups is 1. The molecule has 3 aromatic rings. The first-order valence-corrected chi connectivity index (χ1v) is 11.5. The molecule has 0 radical (unpaired) electrons. The van der Waals surface area contributed by atoms with E-state index in [1.54, 1.807) is 12.1 Å². The molecule has 5 rings (SSSR count). The highest BCUT2D eigenvalue weighted by Gasteiger charge is 2.52. The smallest absolute Gasteiger partial charge is 0.329 e. The lowest BCUT2D eigenvalue weighted by atomic mass is 9.89. The number of likely N-dealkylation sites (tertiary alicyclic amines) is 1. The van der Waals surface area contributed by atoms with E-state index in [4.69, 9.17) is 4.74 Å². The molecular weight excluding hydrogens is 414 g/mol. The number of ether oxygens (including phenoxy) is 1. The fourth-order valence-electron chi connectivity index (χ4n) is 4.73. The highest BCUT2D eigenvalue weighted by Crippen LogP contribution is 2.48. The van der Waals surface area contributed by atoms with Crippen LogP contribution in [0.2, 0.25) is 0 Å². The summed E-state index contributed by atoms with van der Waals surface area (Å²) in [5.74, 6) is -0.901. The van der Waals surface area contributed by atoms with Crippen LogP contribution < -0.4 is 0 Å². The number of fused-ring (bicyclic) bond motifs is 3. The molecule has 3 aromatic carbocycles. The first kappa shape index (κ1) is 22.7. The molecule has 5 nitrogen and oxygen atoms in total. The molecule has 5 heteroatoms. The second-order valence-electron chi connectivity index (χ2n) is 8.05. The molecule has 0 saturated carbocycles. The zero-order valence-electron chi connectivity index (χ0n) is 19.0. The number of rotatable bonds is 4. The Bertz CT molecular complexity index is 1100. The van der Waals surface area contributed by atoms with Crippen molar-refractivity contribution >= 4 is 11.9 Å². The number of hydrogen-bond donors (Lipinski definition) is 1. The highest BCUT2D eigenvalue weighted by molar-refractivity contribution is 6.00. The first-order chi connectivity index (χ1) is 16.1.